The first-order valence-electron chi connectivity index (χ1n) is 3.23. The molecule has 0 aromatic rings. The minimum Gasteiger partial charge on any atom is -0.341 e. The Hall–Kier alpha value is 0.350. The Bertz CT molecular complexity index is 231. The molecule has 0 aromatic carbocycles. The monoisotopic (exact) mass is 311 g/mol. The summed E-state index contributed by atoms with van der Waals surface area (Å²) in [5.74, 6) is 0. The summed E-state index contributed by atoms with van der Waals surface area (Å²) < 4.78 is 2.96. The second-order valence-corrected chi connectivity index (χ2v) is 4.92. The van der Waals surface area contributed by atoms with Crippen LogP contribution in [0.5, 0.6) is 0 Å². The largest absolute Gasteiger partial charge is 0.341 e. The Morgan fingerprint density at radius 2 is 1.92 bits per heavy atom. The Morgan fingerprint density at radius 3 is 2.25 bits per heavy atom. The maximum absolute atomic E-state index is 3.67. The molecule has 12 heavy (non-hydrogen) atoms. The number of rotatable bonds is 4. The number of halogens is 1. The Labute approximate surface area is 92.3 Å². The molecule has 0 fully saturated rings. The van der Waals surface area contributed by atoms with Crippen molar-refractivity contribution in [1.29, 1.82) is 0 Å². The van der Waals surface area contributed by atoms with Crippen LogP contribution in [0.15, 0.2) is 46.7 Å². The summed E-state index contributed by atoms with van der Waals surface area (Å²) in [6, 6.07) is 0. The third-order valence-corrected chi connectivity index (χ3v) is 2.42. The van der Waals surface area contributed by atoms with Crippen LogP contribution >= 0.6 is 41.4 Å². The Balaban J connectivity index is 4.65. The molecule has 0 aromatic heterocycles. The van der Waals surface area contributed by atoms with Gasteiger partial charge in [0.1, 0.15) is 0 Å². The fourth-order valence-corrected chi connectivity index (χ4v) is 1.17. The van der Waals surface area contributed by atoms with Crippen molar-refractivity contribution in [3.63, 3.8) is 0 Å². The third kappa shape index (κ3) is 5.08. The van der Waals surface area contributed by atoms with E-state index in [2.05, 4.69) is 54.5 Å². The van der Waals surface area contributed by atoms with Crippen molar-refractivity contribution in [3.8, 4) is 0 Å². The van der Waals surface area contributed by atoms with Crippen LogP contribution in [0.2, 0.25) is 0 Å². The number of allylic oxidation sites excluding steroid dienone is 5. The van der Waals surface area contributed by atoms with E-state index in [4.69, 9.17) is 0 Å². The van der Waals surface area contributed by atoms with E-state index in [1.54, 1.807) is 12.2 Å². The van der Waals surface area contributed by atoms with E-state index in [0.29, 0.717) is 0 Å². The summed E-state index contributed by atoms with van der Waals surface area (Å²) in [5.41, 5.74) is 1.05. The molecule has 0 radical (unpaired) electrons. The van der Waals surface area contributed by atoms with Gasteiger partial charge in [0, 0.05) is 9.28 Å². The van der Waals surface area contributed by atoms with Gasteiger partial charge in [-0.05, 0) is 53.5 Å². The molecule has 0 saturated heterocycles. The van der Waals surface area contributed by atoms with Crippen LogP contribution in [0.3, 0.4) is 0 Å². The molecule has 0 N–H and O–H groups in total. The highest BCUT2D eigenvalue weighted by molar-refractivity contribution is 14.1. The second-order valence-electron chi connectivity index (χ2n) is 1.97. The predicted octanol–water partition coefficient (Wildman–Crippen LogP) is 3.44. The van der Waals surface area contributed by atoms with Gasteiger partial charge in [-0.3, -0.25) is 0 Å². The van der Waals surface area contributed by atoms with Gasteiger partial charge in [0.15, 0.2) is 0 Å². The molecule has 0 bridgehead atoms. The van der Waals surface area contributed by atoms with E-state index in [9.17, 15) is 0 Å². The van der Waals surface area contributed by atoms with Gasteiger partial charge in [0.05, 0.1) is 0 Å². The lowest BCUT2D eigenvalue weighted by Gasteiger charge is -2.12. The normalized spacial score (nSPS) is 12.6. The smallest absolute Gasteiger partial charge is 0.0433 e. The molecule has 0 aliphatic carbocycles. The lowest BCUT2D eigenvalue weighted by atomic mass is 10.3. The summed E-state index contributed by atoms with van der Waals surface area (Å²) in [4.78, 5) is 0. The first kappa shape index (κ1) is 12.3. The van der Waals surface area contributed by atoms with Crippen LogP contribution in [-0.2, 0) is 0 Å². The van der Waals surface area contributed by atoms with Crippen molar-refractivity contribution in [2.24, 2.45) is 0 Å². The molecule has 66 valence electrons. The molecule has 0 aliphatic rings. The summed E-state index contributed by atoms with van der Waals surface area (Å²) in [5, 5.41) is 0. The van der Waals surface area contributed by atoms with Crippen molar-refractivity contribution in [2.75, 3.05) is 0 Å². The van der Waals surface area contributed by atoms with Crippen LogP contribution in [0.25, 0.3) is 0 Å². The first-order chi connectivity index (χ1) is 5.61. The van der Waals surface area contributed by atoms with Gasteiger partial charge in [0.25, 0.3) is 0 Å². The predicted molar refractivity (Wildman–Crippen MR) is 71.8 cm³/mol. The molecule has 0 aliphatic heterocycles. The topological polar surface area (TPSA) is 3.24 Å². The Morgan fingerprint density at radius 1 is 1.33 bits per heavy atom. The van der Waals surface area contributed by atoms with Crippen molar-refractivity contribution in [3.05, 3.63) is 46.7 Å². The van der Waals surface area contributed by atoms with E-state index in [0.717, 1.165) is 9.28 Å². The van der Waals surface area contributed by atoms with E-state index in [1.165, 1.54) is 0 Å². The van der Waals surface area contributed by atoms with Gasteiger partial charge in [-0.2, -0.15) is 0 Å². The summed E-state index contributed by atoms with van der Waals surface area (Å²) in [6.07, 6.45) is 7.48. The highest BCUT2D eigenvalue weighted by Gasteiger charge is 1.94. The quantitative estimate of drug-likeness (QED) is 0.437. The van der Waals surface area contributed by atoms with Crippen LogP contribution in [0, 0.1) is 0 Å². The fourth-order valence-electron chi connectivity index (χ4n) is 0.530. The summed E-state index contributed by atoms with van der Waals surface area (Å²) in [7, 11) is 5.11. The number of hydrogen-bond acceptors (Lipinski definition) is 1. The molecule has 4 heteroatoms. The summed E-state index contributed by atoms with van der Waals surface area (Å²) in [6.45, 7) is 7.31. The highest BCUT2D eigenvalue weighted by Crippen LogP contribution is 2.21. The third-order valence-electron chi connectivity index (χ3n) is 1.07. The van der Waals surface area contributed by atoms with Crippen LogP contribution < -0.4 is 0 Å². The molecule has 0 amide bonds. The molecule has 1 nitrogen and oxygen atoms in total. The van der Waals surface area contributed by atoms with Crippen molar-refractivity contribution < 1.29 is 0 Å². The minimum absolute atomic E-state index is 1.05. The van der Waals surface area contributed by atoms with Crippen LogP contribution in [0.4, 0.5) is 0 Å². The molecule has 2 atom stereocenters. The Kier molecular flexibility index (Phi) is 7.02. The van der Waals surface area contributed by atoms with E-state index >= 15 is 0 Å². The lowest BCUT2D eigenvalue weighted by molar-refractivity contribution is 0.970. The van der Waals surface area contributed by atoms with E-state index in [1.807, 2.05) is 16.6 Å². The van der Waals surface area contributed by atoms with E-state index in [-0.39, 0.29) is 0 Å². The van der Waals surface area contributed by atoms with Crippen molar-refractivity contribution in [2.45, 2.75) is 0 Å². The van der Waals surface area contributed by atoms with Gasteiger partial charge in [0.2, 0.25) is 0 Å². The van der Waals surface area contributed by atoms with Crippen molar-refractivity contribution >= 4 is 41.4 Å². The fraction of sp³-hybridized carbons (Fsp3) is 0. The van der Waals surface area contributed by atoms with E-state index < -0.39 is 0 Å². The molecular weight excluding hydrogens is 299 g/mol. The summed E-state index contributed by atoms with van der Waals surface area (Å²) >= 11 is 2.22. The van der Waals surface area contributed by atoms with Gasteiger partial charge in [-0.1, -0.05) is 25.3 Å². The molecule has 2 unspecified atom stereocenters. The maximum atomic E-state index is 3.67. The molecular formula is C8H12INP2. The van der Waals surface area contributed by atoms with Crippen LogP contribution in [-0.4, -0.2) is 4.44 Å². The van der Waals surface area contributed by atoms with Crippen molar-refractivity contribution in [1.82, 2.24) is 4.44 Å². The maximum Gasteiger partial charge on any atom is 0.0433 e. The second kappa shape index (κ2) is 6.82. The lowest BCUT2D eigenvalue weighted by Crippen LogP contribution is -1.92. The van der Waals surface area contributed by atoms with Crippen LogP contribution in [0.1, 0.15) is 0 Å². The molecule has 0 saturated carbocycles. The number of hydrogen-bond donors (Lipinski definition) is 0. The van der Waals surface area contributed by atoms with Gasteiger partial charge in [-0.25, -0.2) is 0 Å². The standard InChI is InChI=1S/C8H12INP2/c1-3-5-8(10(11)12)6-7(9)4-2/h3-6H,1-2,11-12H2/b7-6+,8-5+. The zero-order valence-corrected chi connectivity index (χ0v) is 11.2. The molecule has 0 rings (SSSR count). The zero-order chi connectivity index (χ0) is 9.56. The molecule has 0 spiro atoms. The number of nitrogens with zero attached hydrogens (tertiary/aromatic N) is 1. The van der Waals surface area contributed by atoms with Gasteiger partial charge in [-0.15, -0.1) is 0 Å². The zero-order valence-electron chi connectivity index (χ0n) is 6.70. The minimum atomic E-state index is 1.05. The highest BCUT2D eigenvalue weighted by atomic mass is 127. The van der Waals surface area contributed by atoms with Gasteiger partial charge < -0.3 is 4.44 Å². The SMILES string of the molecule is C=C/C=C(\C=C(\I)C=C)N(P)P. The first-order valence-corrected chi connectivity index (χ1v) is 5.35. The van der Waals surface area contributed by atoms with Gasteiger partial charge >= 0.3 is 0 Å². The molecule has 0 heterocycles. The average molecular weight is 311 g/mol. The average Bonchev–Trinajstić information content (AvgIpc) is 2.03.